The fourth-order valence-electron chi connectivity index (χ4n) is 6.16. The quantitative estimate of drug-likeness (QED) is 0.246. The van der Waals surface area contributed by atoms with Gasteiger partial charge in [0.1, 0.15) is 5.75 Å². The van der Waals surface area contributed by atoms with Crippen LogP contribution in [-0.4, -0.2) is 71.4 Å². The molecule has 0 fully saturated rings. The van der Waals surface area contributed by atoms with Gasteiger partial charge in [-0.15, -0.1) is 0 Å². The number of anilines is 1. The number of nitrogens with zero attached hydrogens (tertiary/aromatic N) is 3. The van der Waals surface area contributed by atoms with Crippen LogP contribution in [0, 0.1) is 0 Å². The molecule has 2 aliphatic heterocycles. The minimum absolute atomic E-state index is 0.0230. The van der Waals surface area contributed by atoms with Crippen LogP contribution in [-0.2, 0) is 23.0 Å². The van der Waals surface area contributed by atoms with Crippen LogP contribution >= 0.6 is 0 Å². The second-order valence-electron chi connectivity index (χ2n) is 10.6. The maximum Gasteiger partial charge on any atom is 0.357 e. The van der Waals surface area contributed by atoms with Crippen molar-refractivity contribution < 1.29 is 28.7 Å². The zero-order chi connectivity index (χ0) is 30.2. The van der Waals surface area contributed by atoms with Crippen molar-refractivity contribution >= 4 is 40.3 Å². The Morgan fingerprint density at radius 2 is 1.67 bits per heavy atom. The number of carbonyl (C=O) groups excluding carboxylic acids is 4. The Balaban J connectivity index is 1.31. The van der Waals surface area contributed by atoms with Crippen LogP contribution in [0.5, 0.6) is 5.75 Å². The first-order chi connectivity index (χ1) is 20.8. The van der Waals surface area contributed by atoms with Crippen molar-refractivity contribution in [1.82, 2.24) is 14.4 Å². The summed E-state index contributed by atoms with van der Waals surface area (Å²) in [5.74, 6) is -0.982. The van der Waals surface area contributed by atoms with Crippen molar-refractivity contribution in [3.05, 3.63) is 94.7 Å². The van der Waals surface area contributed by atoms with Gasteiger partial charge in [0.15, 0.2) is 5.69 Å². The minimum atomic E-state index is -0.550. The number of amides is 3. The minimum Gasteiger partial charge on any atom is -0.497 e. The monoisotopic (exact) mass is 580 g/mol. The van der Waals surface area contributed by atoms with Crippen molar-refractivity contribution in [2.45, 2.75) is 19.4 Å². The number of aryl methyl sites for hydroxylation is 1. The molecular weight excluding hydrogens is 548 g/mol. The fraction of sp³-hybridized carbons (Fsp3) is 0.273. The molecule has 0 bridgehead atoms. The summed E-state index contributed by atoms with van der Waals surface area (Å²) in [4.78, 5) is 56.5. The standard InChI is InChI=1S/C33H32N4O6/c1-4-43-33(41)30-29(25-17-21(42-3)13-14-26(25)35(30)2)34-28(38)19-36-16-15-20-9-5-6-10-22(20)27(36)18-37-31(39)23-11-7-8-12-24(23)32(37)40/h5-14,17,27H,4,15-16,18-19H2,1-3H3,(H,34,38)/t27-/m1/s1. The third-order valence-corrected chi connectivity index (χ3v) is 8.24. The Morgan fingerprint density at radius 3 is 2.37 bits per heavy atom. The predicted molar refractivity (Wildman–Crippen MR) is 160 cm³/mol. The number of methoxy groups -OCH3 is 1. The first-order valence-electron chi connectivity index (χ1n) is 14.2. The molecule has 220 valence electrons. The molecule has 4 aromatic rings. The highest BCUT2D eigenvalue weighted by atomic mass is 16.5. The van der Waals surface area contributed by atoms with Gasteiger partial charge in [-0.05, 0) is 54.8 Å². The van der Waals surface area contributed by atoms with E-state index in [1.165, 1.54) is 4.90 Å². The highest BCUT2D eigenvalue weighted by Crippen LogP contribution is 2.35. The topological polar surface area (TPSA) is 110 Å². The number of hydrogen-bond acceptors (Lipinski definition) is 7. The number of ether oxygens (including phenoxy) is 2. The maximum atomic E-state index is 13.7. The molecule has 10 heteroatoms. The highest BCUT2D eigenvalue weighted by molar-refractivity contribution is 6.21. The van der Waals surface area contributed by atoms with E-state index in [-0.39, 0.29) is 43.1 Å². The molecule has 3 aromatic carbocycles. The normalized spacial score (nSPS) is 16.3. The van der Waals surface area contributed by atoms with Crippen molar-refractivity contribution in [3.8, 4) is 5.75 Å². The molecule has 0 unspecified atom stereocenters. The van der Waals surface area contributed by atoms with Gasteiger partial charge in [0.2, 0.25) is 5.91 Å². The Labute approximate surface area is 248 Å². The summed E-state index contributed by atoms with van der Waals surface area (Å²) in [6, 6.07) is 19.7. The third kappa shape index (κ3) is 4.93. The Hall–Kier alpha value is -4.96. The molecule has 3 amide bonds. The molecule has 0 radical (unpaired) electrons. The fourth-order valence-corrected chi connectivity index (χ4v) is 6.16. The average Bonchev–Trinajstić information content (AvgIpc) is 3.43. The zero-order valence-corrected chi connectivity index (χ0v) is 24.3. The summed E-state index contributed by atoms with van der Waals surface area (Å²) in [5.41, 5.74) is 4.16. The Kier molecular flexibility index (Phi) is 7.45. The lowest BCUT2D eigenvalue weighted by molar-refractivity contribution is -0.118. The first kappa shape index (κ1) is 28.2. The van der Waals surface area contributed by atoms with E-state index in [1.54, 1.807) is 62.0 Å². The number of carbonyl (C=O) groups is 4. The van der Waals surface area contributed by atoms with Gasteiger partial charge in [-0.25, -0.2) is 4.79 Å². The number of esters is 1. The Morgan fingerprint density at radius 1 is 0.977 bits per heavy atom. The summed E-state index contributed by atoms with van der Waals surface area (Å²) in [5, 5.41) is 3.62. The molecule has 1 atom stereocenters. The number of fused-ring (bicyclic) bond motifs is 3. The average molecular weight is 581 g/mol. The van der Waals surface area contributed by atoms with Gasteiger partial charge >= 0.3 is 5.97 Å². The molecule has 3 heterocycles. The summed E-state index contributed by atoms with van der Waals surface area (Å²) in [7, 11) is 3.30. The van der Waals surface area contributed by atoms with Crippen LogP contribution in [0.2, 0.25) is 0 Å². The van der Waals surface area contributed by atoms with Crippen molar-refractivity contribution in [2.75, 3.05) is 38.7 Å². The summed E-state index contributed by atoms with van der Waals surface area (Å²) >= 11 is 0. The lowest BCUT2D eigenvalue weighted by atomic mass is 9.92. The second-order valence-corrected chi connectivity index (χ2v) is 10.6. The molecule has 0 saturated heterocycles. The van der Waals surface area contributed by atoms with Crippen LogP contribution < -0.4 is 10.1 Å². The van der Waals surface area contributed by atoms with Gasteiger partial charge in [-0.2, -0.15) is 0 Å². The van der Waals surface area contributed by atoms with E-state index >= 15 is 0 Å². The molecule has 43 heavy (non-hydrogen) atoms. The molecule has 1 aromatic heterocycles. The number of rotatable bonds is 8. The summed E-state index contributed by atoms with van der Waals surface area (Å²) < 4.78 is 12.4. The molecule has 2 aliphatic rings. The number of benzene rings is 3. The van der Waals surface area contributed by atoms with E-state index in [4.69, 9.17) is 9.47 Å². The van der Waals surface area contributed by atoms with Crippen molar-refractivity contribution in [3.63, 3.8) is 0 Å². The lowest BCUT2D eigenvalue weighted by Crippen LogP contribution is -2.46. The van der Waals surface area contributed by atoms with Gasteiger partial charge in [-0.1, -0.05) is 36.4 Å². The van der Waals surface area contributed by atoms with Crippen molar-refractivity contribution in [2.24, 2.45) is 7.05 Å². The van der Waals surface area contributed by atoms with E-state index in [0.717, 1.165) is 16.6 Å². The molecular formula is C33H32N4O6. The first-order valence-corrected chi connectivity index (χ1v) is 14.2. The van der Waals surface area contributed by atoms with Gasteiger partial charge in [0, 0.05) is 25.5 Å². The van der Waals surface area contributed by atoms with E-state index in [1.807, 2.05) is 35.2 Å². The van der Waals surface area contributed by atoms with Crippen LogP contribution in [0.25, 0.3) is 10.9 Å². The molecule has 6 rings (SSSR count). The maximum absolute atomic E-state index is 13.7. The van der Waals surface area contributed by atoms with Gasteiger partial charge in [-0.3, -0.25) is 24.2 Å². The lowest BCUT2D eigenvalue weighted by Gasteiger charge is -2.38. The van der Waals surface area contributed by atoms with Gasteiger partial charge in [0.05, 0.1) is 48.6 Å². The third-order valence-electron chi connectivity index (χ3n) is 8.24. The van der Waals surface area contributed by atoms with Crippen LogP contribution in [0.4, 0.5) is 5.69 Å². The van der Waals surface area contributed by atoms with Crippen molar-refractivity contribution in [1.29, 1.82) is 0 Å². The smallest absolute Gasteiger partial charge is 0.357 e. The molecule has 0 saturated carbocycles. The van der Waals surface area contributed by atoms with E-state index in [9.17, 15) is 19.2 Å². The molecule has 1 N–H and O–H groups in total. The van der Waals surface area contributed by atoms with E-state index in [2.05, 4.69) is 5.32 Å². The molecule has 10 nitrogen and oxygen atoms in total. The van der Waals surface area contributed by atoms with E-state index < -0.39 is 12.0 Å². The van der Waals surface area contributed by atoms with E-state index in [0.29, 0.717) is 40.9 Å². The Bertz CT molecular complexity index is 1740. The molecule has 0 aliphatic carbocycles. The second kappa shape index (κ2) is 11.4. The van der Waals surface area contributed by atoms with Crippen LogP contribution in [0.3, 0.4) is 0 Å². The highest BCUT2D eigenvalue weighted by Gasteiger charge is 2.39. The molecule has 0 spiro atoms. The number of aromatic nitrogens is 1. The largest absolute Gasteiger partial charge is 0.497 e. The number of nitrogens with one attached hydrogen (secondary N) is 1. The van der Waals surface area contributed by atoms with Crippen LogP contribution in [0.15, 0.2) is 66.7 Å². The zero-order valence-electron chi connectivity index (χ0n) is 24.3. The summed E-state index contributed by atoms with van der Waals surface area (Å²) in [6.45, 7) is 2.54. The van der Waals surface area contributed by atoms with Crippen LogP contribution in [0.1, 0.15) is 55.3 Å². The van der Waals surface area contributed by atoms with Gasteiger partial charge in [0.25, 0.3) is 11.8 Å². The SMILES string of the molecule is CCOC(=O)c1c(NC(=O)CN2CCc3ccccc3[C@H]2CN2C(=O)c3ccccc3C2=O)c2cc(OC)ccc2n1C. The predicted octanol–water partition coefficient (Wildman–Crippen LogP) is 4.20. The number of hydrogen-bond donors (Lipinski definition) is 1. The summed E-state index contributed by atoms with van der Waals surface area (Å²) in [6.07, 6.45) is 0.710. The number of imide groups is 1. The van der Waals surface area contributed by atoms with Gasteiger partial charge < -0.3 is 19.4 Å².